The van der Waals surface area contributed by atoms with Gasteiger partial charge in [0.2, 0.25) is 5.91 Å². The summed E-state index contributed by atoms with van der Waals surface area (Å²) in [4.78, 5) is 33.8. The number of fused-ring (bicyclic) bond motifs is 2. The molecule has 0 saturated carbocycles. The summed E-state index contributed by atoms with van der Waals surface area (Å²) in [7, 11) is 3.27. The number of oxazole rings is 1. The molecule has 36 heavy (non-hydrogen) atoms. The lowest BCUT2D eigenvalue weighted by atomic mass is 9.85. The first-order chi connectivity index (χ1) is 17.1. The van der Waals surface area contributed by atoms with E-state index in [0.717, 1.165) is 30.2 Å². The van der Waals surface area contributed by atoms with Crippen LogP contribution in [0.4, 0.5) is 8.78 Å². The van der Waals surface area contributed by atoms with Crippen molar-refractivity contribution in [2.45, 2.75) is 38.8 Å². The van der Waals surface area contributed by atoms with Gasteiger partial charge in [0, 0.05) is 71.1 Å². The van der Waals surface area contributed by atoms with Crippen LogP contribution in [-0.2, 0) is 42.0 Å². The summed E-state index contributed by atoms with van der Waals surface area (Å²) in [6.45, 7) is 3.76. The summed E-state index contributed by atoms with van der Waals surface area (Å²) in [5.74, 6) is -3.40. The van der Waals surface area contributed by atoms with Gasteiger partial charge in [0.05, 0.1) is 17.5 Å². The number of ether oxygens (including phenoxy) is 1. The number of hydrogen-bond donors (Lipinski definition) is 0. The molecular formula is C26H30F2N4O4. The Balaban J connectivity index is 1.33. The summed E-state index contributed by atoms with van der Waals surface area (Å²) in [5.41, 5.74) is 2.89. The first kappa shape index (κ1) is 24.6. The minimum atomic E-state index is -2.98. The maximum absolute atomic E-state index is 13.9. The smallest absolute Gasteiger partial charge is 0.408 e. The molecule has 0 N–H and O–H groups in total. The summed E-state index contributed by atoms with van der Waals surface area (Å²) < 4.78 is 39.9. The average Bonchev–Trinajstić information content (AvgIpc) is 3.38. The number of aryl methyl sites for hydroxylation is 1. The molecule has 1 saturated heterocycles. The van der Waals surface area contributed by atoms with Gasteiger partial charge in [-0.2, -0.15) is 0 Å². The molecule has 0 aliphatic carbocycles. The van der Waals surface area contributed by atoms with Crippen LogP contribution < -0.4 is 5.76 Å². The molecule has 192 valence electrons. The Kier molecular flexibility index (Phi) is 6.20. The van der Waals surface area contributed by atoms with Crippen LogP contribution in [0, 0.1) is 5.41 Å². The molecule has 0 radical (unpaired) electrons. The standard InChI is InChI=1S/C26H30F2N4O4/c1-25(27,28)19-11-18-14-32(8-6-20(18)29-12-19)23(33)26(16-35-3)7-9-31(15-26)13-17-4-5-22-21(10-17)30(2)24(34)36-22/h4-5,10-12H,6-9,13-16H2,1-3H3. The van der Waals surface area contributed by atoms with Crippen LogP contribution in [-0.4, -0.2) is 58.6 Å². The molecule has 4 heterocycles. The molecule has 1 atom stereocenters. The van der Waals surface area contributed by atoms with E-state index >= 15 is 0 Å². The van der Waals surface area contributed by atoms with Gasteiger partial charge in [-0.3, -0.25) is 19.2 Å². The number of likely N-dealkylation sites (tertiary alicyclic amines) is 1. The Morgan fingerprint density at radius 2 is 2.08 bits per heavy atom. The Morgan fingerprint density at radius 3 is 2.83 bits per heavy atom. The van der Waals surface area contributed by atoms with Crippen molar-refractivity contribution in [3.63, 3.8) is 0 Å². The fourth-order valence-electron chi connectivity index (χ4n) is 5.43. The van der Waals surface area contributed by atoms with Crippen molar-refractivity contribution < 1.29 is 22.7 Å². The number of halogens is 2. The van der Waals surface area contributed by atoms with Gasteiger partial charge < -0.3 is 14.1 Å². The lowest BCUT2D eigenvalue weighted by Gasteiger charge is -2.36. The molecule has 10 heteroatoms. The topological polar surface area (TPSA) is 80.8 Å². The predicted molar refractivity (Wildman–Crippen MR) is 129 cm³/mol. The number of carbonyl (C=O) groups excluding carboxylic acids is 1. The van der Waals surface area contributed by atoms with Crippen molar-refractivity contribution in [3.05, 3.63) is 63.4 Å². The van der Waals surface area contributed by atoms with Crippen molar-refractivity contribution in [1.29, 1.82) is 0 Å². The highest BCUT2D eigenvalue weighted by Crippen LogP contribution is 2.36. The van der Waals surface area contributed by atoms with Gasteiger partial charge in [-0.25, -0.2) is 13.6 Å². The zero-order chi connectivity index (χ0) is 25.7. The minimum Gasteiger partial charge on any atom is -0.408 e. The highest BCUT2D eigenvalue weighted by Gasteiger charge is 2.47. The van der Waals surface area contributed by atoms with Crippen molar-refractivity contribution in [3.8, 4) is 0 Å². The fourth-order valence-corrected chi connectivity index (χ4v) is 5.43. The largest absolute Gasteiger partial charge is 0.419 e. The second kappa shape index (κ2) is 9.08. The molecule has 1 unspecified atom stereocenters. The van der Waals surface area contributed by atoms with Gasteiger partial charge >= 0.3 is 5.76 Å². The lowest BCUT2D eigenvalue weighted by Crippen LogP contribution is -2.49. The zero-order valence-corrected chi connectivity index (χ0v) is 20.7. The van der Waals surface area contributed by atoms with E-state index in [9.17, 15) is 18.4 Å². The lowest BCUT2D eigenvalue weighted by molar-refractivity contribution is -0.145. The molecule has 1 fully saturated rings. The van der Waals surface area contributed by atoms with Gasteiger partial charge in [0.1, 0.15) is 0 Å². The number of carbonyl (C=O) groups is 1. The summed E-state index contributed by atoms with van der Waals surface area (Å²) in [6, 6.07) is 7.14. The number of amides is 1. The maximum Gasteiger partial charge on any atom is 0.419 e. The van der Waals surface area contributed by atoms with Crippen molar-refractivity contribution in [1.82, 2.24) is 19.4 Å². The monoisotopic (exact) mass is 500 g/mol. The molecule has 0 spiro atoms. The molecule has 2 aliphatic rings. The quantitative estimate of drug-likeness (QED) is 0.518. The van der Waals surface area contributed by atoms with Gasteiger partial charge in [-0.1, -0.05) is 6.07 Å². The third-order valence-corrected chi connectivity index (χ3v) is 7.40. The van der Waals surface area contributed by atoms with Gasteiger partial charge in [-0.15, -0.1) is 0 Å². The van der Waals surface area contributed by atoms with E-state index in [0.29, 0.717) is 43.6 Å². The van der Waals surface area contributed by atoms with Crippen LogP contribution in [0.2, 0.25) is 0 Å². The Bertz CT molecular complexity index is 1360. The Morgan fingerprint density at radius 1 is 1.28 bits per heavy atom. The number of rotatable bonds is 6. The molecule has 3 aromatic rings. The van der Waals surface area contributed by atoms with Crippen molar-refractivity contribution in [2.75, 3.05) is 33.4 Å². The molecule has 8 nitrogen and oxygen atoms in total. The third kappa shape index (κ3) is 4.43. The van der Waals surface area contributed by atoms with Crippen LogP contribution in [0.25, 0.3) is 11.1 Å². The van der Waals surface area contributed by atoms with E-state index < -0.39 is 17.1 Å². The highest BCUT2D eigenvalue weighted by atomic mass is 19.3. The first-order valence-corrected chi connectivity index (χ1v) is 12.0. The maximum atomic E-state index is 13.9. The summed E-state index contributed by atoms with van der Waals surface area (Å²) in [5, 5.41) is 0. The third-order valence-electron chi connectivity index (χ3n) is 7.40. The molecular weight excluding hydrogens is 470 g/mol. The Hall–Kier alpha value is -3.11. The van der Waals surface area contributed by atoms with Crippen LogP contribution >= 0.6 is 0 Å². The molecule has 2 aromatic heterocycles. The molecule has 1 aromatic carbocycles. The van der Waals surface area contributed by atoms with Gasteiger partial charge in [-0.05, 0) is 42.3 Å². The van der Waals surface area contributed by atoms with E-state index in [1.54, 1.807) is 25.1 Å². The molecule has 5 rings (SSSR count). The number of nitrogens with zero attached hydrogens (tertiary/aromatic N) is 4. The summed E-state index contributed by atoms with van der Waals surface area (Å²) >= 11 is 0. The molecule has 1 amide bonds. The number of benzene rings is 1. The van der Waals surface area contributed by atoms with Crippen LogP contribution in [0.5, 0.6) is 0 Å². The number of aromatic nitrogens is 2. The first-order valence-electron chi connectivity index (χ1n) is 12.0. The predicted octanol–water partition coefficient (Wildman–Crippen LogP) is 3.06. The second-order valence-corrected chi connectivity index (χ2v) is 10.1. The molecule has 2 aliphatic heterocycles. The van der Waals surface area contributed by atoms with Crippen molar-refractivity contribution >= 4 is 17.0 Å². The van der Waals surface area contributed by atoms with E-state index in [-0.39, 0.29) is 24.6 Å². The number of methoxy groups -OCH3 is 1. The van der Waals surface area contributed by atoms with E-state index in [1.807, 2.05) is 12.1 Å². The molecule has 0 bridgehead atoms. The summed E-state index contributed by atoms with van der Waals surface area (Å²) in [6.07, 6.45) is 2.41. The number of pyridine rings is 1. The average molecular weight is 501 g/mol. The van der Waals surface area contributed by atoms with Crippen LogP contribution in [0.3, 0.4) is 0 Å². The highest BCUT2D eigenvalue weighted by molar-refractivity contribution is 5.84. The van der Waals surface area contributed by atoms with E-state index in [1.165, 1.54) is 16.8 Å². The minimum absolute atomic E-state index is 0.0150. The number of alkyl halides is 2. The van der Waals surface area contributed by atoms with Crippen LogP contribution in [0.1, 0.15) is 35.7 Å². The Labute approximate surface area is 207 Å². The van der Waals surface area contributed by atoms with Crippen LogP contribution in [0.15, 0.2) is 39.7 Å². The second-order valence-electron chi connectivity index (χ2n) is 10.1. The van der Waals surface area contributed by atoms with Gasteiger partial charge in [0.15, 0.2) is 5.58 Å². The van der Waals surface area contributed by atoms with Crippen molar-refractivity contribution in [2.24, 2.45) is 12.5 Å². The zero-order valence-electron chi connectivity index (χ0n) is 20.7. The van der Waals surface area contributed by atoms with Gasteiger partial charge in [0.25, 0.3) is 5.92 Å². The van der Waals surface area contributed by atoms with E-state index in [4.69, 9.17) is 9.15 Å². The fraction of sp³-hybridized carbons (Fsp3) is 0.500. The SMILES string of the molecule is COCC1(C(=O)N2CCc3ncc(C(C)(F)F)cc3C2)CCN(Cc2ccc3oc(=O)n(C)c3c2)C1. The van der Waals surface area contributed by atoms with E-state index in [2.05, 4.69) is 9.88 Å². The number of hydrogen-bond acceptors (Lipinski definition) is 6. The normalized spacial score (nSPS) is 20.8.